The first-order chi connectivity index (χ1) is 12.3. The van der Waals surface area contributed by atoms with Crippen LogP contribution in [0.5, 0.6) is 0 Å². The van der Waals surface area contributed by atoms with Crippen molar-refractivity contribution < 1.29 is 9.90 Å². The Labute approximate surface area is 165 Å². The monoisotopic (exact) mass is 441 g/mol. The SMILES string of the molecule is CC(C)CCNC(=O)CSc1nc2ccc(Br)cc2c(=O)n1CC(C)O. The highest BCUT2D eigenvalue weighted by atomic mass is 79.9. The molecule has 1 aromatic carbocycles. The van der Waals surface area contributed by atoms with Crippen LogP contribution in [0.3, 0.4) is 0 Å². The van der Waals surface area contributed by atoms with Crippen molar-refractivity contribution in [2.75, 3.05) is 12.3 Å². The van der Waals surface area contributed by atoms with Gasteiger partial charge in [0, 0.05) is 11.0 Å². The Hall–Kier alpha value is -1.38. The third-order valence-electron chi connectivity index (χ3n) is 3.70. The van der Waals surface area contributed by atoms with Crippen LogP contribution in [0.25, 0.3) is 10.9 Å². The van der Waals surface area contributed by atoms with Gasteiger partial charge >= 0.3 is 0 Å². The van der Waals surface area contributed by atoms with Gasteiger partial charge in [-0.25, -0.2) is 4.98 Å². The van der Waals surface area contributed by atoms with Gasteiger partial charge in [0.1, 0.15) is 0 Å². The average molecular weight is 442 g/mol. The molecule has 8 heteroatoms. The molecule has 0 aliphatic heterocycles. The normalized spacial score (nSPS) is 12.5. The summed E-state index contributed by atoms with van der Waals surface area (Å²) < 4.78 is 2.23. The molecule has 142 valence electrons. The predicted octanol–water partition coefficient (Wildman–Crippen LogP) is 2.79. The van der Waals surface area contributed by atoms with Gasteiger partial charge in [0.15, 0.2) is 5.16 Å². The molecule has 2 aromatic rings. The number of aliphatic hydroxyl groups is 1. The molecule has 0 saturated heterocycles. The van der Waals surface area contributed by atoms with E-state index in [0.717, 1.165) is 10.9 Å². The number of rotatable bonds is 8. The zero-order valence-electron chi connectivity index (χ0n) is 15.2. The van der Waals surface area contributed by atoms with Crippen LogP contribution < -0.4 is 10.9 Å². The molecule has 1 heterocycles. The highest BCUT2D eigenvalue weighted by Crippen LogP contribution is 2.20. The summed E-state index contributed by atoms with van der Waals surface area (Å²) in [4.78, 5) is 29.4. The number of aliphatic hydroxyl groups excluding tert-OH is 1. The van der Waals surface area contributed by atoms with Gasteiger partial charge in [0.25, 0.3) is 5.56 Å². The fourth-order valence-corrected chi connectivity index (χ4v) is 3.59. The largest absolute Gasteiger partial charge is 0.392 e. The van der Waals surface area contributed by atoms with Gasteiger partial charge in [0.05, 0.1) is 29.3 Å². The first-order valence-electron chi connectivity index (χ1n) is 8.55. The Balaban J connectivity index is 2.23. The van der Waals surface area contributed by atoms with Crippen molar-refractivity contribution in [3.63, 3.8) is 0 Å². The molecular weight excluding hydrogens is 418 g/mol. The molecule has 0 bridgehead atoms. The third kappa shape index (κ3) is 5.82. The molecule has 2 N–H and O–H groups in total. The number of hydrogen-bond donors (Lipinski definition) is 2. The van der Waals surface area contributed by atoms with Gasteiger partial charge in [-0.1, -0.05) is 41.5 Å². The first kappa shape index (κ1) is 20.9. The Morgan fingerprint density at radius 3 is 2.77 bits per heavy atom. The molecule has 0 radical (unpaired) electrons. The molecule has 0 fully saturated rings. The standard InChI is InChI=1S/C18H24BrN3O3S/c1-11(2)6-7-20-16(24)10-26-18-21-15-5-4-13(19)8-14(15)17(25)22(18)9-12(3)23/h4-5,8,11-12,23H,6-7,9-10H2,1-3H3,(H,20,24). The van der Waals surface area contributed by atoms with Crippen LogP contribution in [-0.4, -0.2) is 39.0 Å². The molecule has 1 aromatic heterocycles. The number of benzene rings is 1. The fourth-order valence-electron chi connectivity index (χ4n) is 2.39. The Bertz CT molecular complexity index is 836. The highest BCUT2D eigenvalue weighted by molar-refractivity contribution is 9.10. The molecule has 1 atom stereocenters. The topological polar surface area (TPSA) is 84.2 Å². The Morgan fingerprint density at radius 2 is 2.12 bits per heavy atom. The average Bonchev–Trinajstić information content (AvgIpc) is 2.56. The van der Waals surface area contributed by atoms with Crippen molar-refractivity contribution in [2.24, 2.45) is 5.92 Å². The molecule has 1 amide bonds. The molecule has 0 saturated carbocycles. The number of carbonyl (C=O) groups is 1. The fraction of sp³-hybridized carbons (Fsp3) is 0.500. The number of nitrogens with zero attached hydrogens (tertiary/aromatic N) is 2. The molecule has 0 aliphatic rings. The lowest BCUT2D eigenvalue weighted by atomic mass is 10.1. The van der Waals surface area contributed by atoms with E-state index in [1.807, 2.05) is 6.07 Å². The number of fused-ring (bicyclic) bond motifs is 1. The number of thioether (sulfide) groups is 1. The molecule has 0 aliphatic carbocycles. The van der Waals surface area contributed by atoms with Crippen LogP contribution in [0, 0.1) is 5.92 Å². The van der Waals surface area contributed by atoms with Crippen molar-refractivity contribution in [1.82, 2.24) is 14.9 Å². The van der Waals surface area contributed by atoms with Crippen molar-refractivity contribution in [3.05, 3.63) is 33.0 Å². The molecule has 0 spiro atoms. The first-order valence-corrected chi connectivity index (χ1v) is 10.3. The van der Waals surface area contributed by atoms with E-state index < -0.39 is 6.10 Å². The van der Waals surface area contributed by atoms with E-state index in [-0.39, 0.29) is 23.8 Å². The van der Waals surface area contributed by atoms with Crippen molar-refractivity contribution in [2.45, 2.75) is 45.0 Å². The molecule has 2 rings (SSSR count). The summed E-state index contributed by atoms with van der Waals surface area (Å²) in [6, 6.07) is 5.30. The quantitative estimate of drug-likeness (QED) is 0.485. The van der Waals surface area contributed by atoms with E-state index in [2.05, 4.69) is 40.1 Å². The highest BCUT2D eigenvalue weighted by Gasteiger charge is 2.15. The summed E-state index contributed by atoms with van der Waals surface area (Å²) in [7, 11) is 0. The lowest BCUT2D eigenvalue weighted by molar-refractivity contribution is -0.118. The summed E-state index contributed by atoms with van der Waals surface area (Å²) in [5.74, 6) is 0.608. The lowest BCUT2D eigenvalue weighted by Gasteiger charge is -2.14. The minimum Gasteiger partial charge on any atom is -0.392 e. The molecule has 6 nitrogen and oxygen atoms in total. The van der Waals surface area contributed by atoms with Gasteiger partial charge in [-0.3, -0.25) is 14.2 Å². The molecule has 1 unspecified atom stereocenters. The van der Waals surface area contributed by atoms with Gasteiger partial charge in [-0.15, -0.1) is 0 Å². The number of carbonyl (C=O) groups excluding carboxylic acids is 1. The van der Waals surface area contributed by atoms with Crippen LogP contribution >= 0.6 is 27.7 Å². The van der Waals surface area contributed by atoms with E-state index in [1.54, 1.807) is 19.1 Å². The second kappa shape index (κ2) is 9.53. The number of aromatic nitrogens is 2. The zero-order valence-corrected chi connectivity index (χ0v) is 17.6. The van der Waals surface area contributed by atoms with Crippen molar-refractivity contribution in [3.8, 4) is 0 Å². The van der Waals surface area contributed by atoms with Crippen LogP contribution in [0.4, 0.5) is 0 Å². The summed E-state index contributed by atoms with van der Waals surface area (Å²) in [6.45, 7) is 6.59. The lowest BCUT2D eigenvalue weighted by Crippen LogP contribution is -2.30. The number of nitrogens with one attached hydrogen (secondary N) is 1. The second-order valence-corrected chi connectivity index (χ2v) is 8.50. The van der Waals surface area contributed by atoms with Gasteiger partial charge in [-0.05, 0) is 37.5 Å². The maximum absolute atomic E-state index is 12.8. The summed E-state index contributed by atoms with van der Waals surface area (Å²) in [6.07, 6.45) is 0.227. The summed E-state index contributed by atoms with van der Waals surface area (Å²) in [5.41, 5.74) is 0.350. The minimum atomic E-state index is -0.696. The minimum absolute atomic E-state index is 0.0931. The van der Waals surface area contributed by atoms with Crippen LogP contribution in [-0.2, 0) is 11.3 Å². The van der Waals surface area contributed by atoms with Gasteiger partial charge in [-0.2, -0.15) is 0 Å². The van der Waals surface area contributed by atoms with Crippen LogP contribution in [0.2, 0.25) is 0 Å². The molecule has 26 heavy (non-hydrogen) atoms. The maximum Gasteiger partial charge on any atom is 0.262 e. The summed E-state index contributed by atoms with van der Waals surface area (Å²) >= 11 is 4.57. The van der Waals surface area contributed by atoms with E-state index >= 15 is 0 Å². The maximum atomic E-state index is 12.8. The summed E-state index contributed by atoms with van der Waals surface area (Å²) in [5, 5.41) is 13.5. The number of halogens is 1. The van der Waals surface area contributed by atoms with E-state index in [0.29, 0.717) is 28.5 Å². The molecular formula is C18H24BrN3O3S. The number of amides is 1. The Kier molecular flexibility index (Phi) is 7.67. The van der Waals surface area contributed by atoms with E-state index in [1.165, 1.54) is 16.3 Å². The predicted molar refractivity (Wildman–Crippen MR) is 109 cm³/mol. The van der Waals surface area contributed by atoms with Crippen molar-refractivity contribution in [1.29, 1.82) is 0 Å². The Morgan fingerprint density at radius 1 is 1.38 bits per heavy atom. The van der Waals surface area contributed by atoms with Crippen LogP contribution in [0.1, 0.15) is 27.2 Å². The number of hydrogen-bond acceptors (Lipinski definition) is 5. The van der Waals surface area contributed by atoms with Gasteiger partial charge < -0.3 is 10.4 Å². The van der Waals surface area contributed by atoms with Crippen LogP contribution in [0.15, 0.2) is 32.6 Å². The van der Waals surface area contributed by atoms with E-state index in [4.69, 9.17) is 0 Å². The zero-order chi connectivity index (χ0) is 19.3. The van der Waals surface area contributed by atoms with Crippen molar-refractivity contribution >= 4 is 44.5 Å². The van der Waals surface area contributed by atoms with Gasteiger partial charge in [0.2, 0.25) is 5.91 Å². The second-order valence-electron chi connectivity index (χ2n) is 6.64. The third-order valence-corrected chi connectivity index (χ3v) is 5.17. The van der Waals surface area contributed by atoms with E-state index in [9.17, 15) is 14.7 Å². The smallest absolute Gasteiger partial charge is 0.262 e.